The molecule has 0 aliphatic heterocycles. The van der Waals surface area contributed by atoms with Crippen LogP contribution in [0.25, 0.3) is 0 Å². The van der Waals surface area contributed by atoms with Gasteiger partial charge in [-0.3, -0.25) is 0 Å². The molecule has 2 aliphatic rings. The standard InChI is InChI=1S/C22H27N2O4S/c1-12-8-9-15-10-14-6-5-7-16(14)20(19(12)15)23-21(25)24-29(27)18-11-17(13(2)28-18)22(3,4)26/h10-12,26H,5-9H2,1-4H3,(H,23,25)/q-1. The van der Waals surface area contributed by atoms with Crippen LogP contribution in [-0.4, -0.2) is 11.1 Å². The van der Waals surface area contributed by atoms with Crippen LogP contribution in [-0.2, 0) is 39.7 Å². The summed E-state index contributed by atoms with van der Waals surface area (Å²) in [7, 11) is -1.98. The highest BCUT2D eigenvalue weighted by Gasteiger charge is 2.28. The van der Waals surface area contributed by atoms with Crippen molar-refractivity contribution in [2.24, 2.45) is 4.36 Å². The Balaban J connectivity index is 1.64. The molecule has 1 aromatic carbocycles. The summed E-state index contributed by atoms with van der Waals surface area (Å²) < 4.78 is 21.9. The minimum absolute atomic E-state index is 0.0617. The van der Waals surface area contributed by atoms with E-state index < -0.39 is 22.2 Å². The van der Waals surface area contributed by atoms with Crippen molar-refractivity contribution < 1.29 is 18.5 Å². The van der Waals surface area contributed by atoms with E-state index in [9.17, 15) is 14.1 Å². The molecule has 1 aromatic heterocycles. The van der Waals surface area contributed by atoms with Gasteiger partial charge in [-0.1, -0.05) is 13.0 Å². The van der Waals surface area contributed by atoms with Gasteiger partial charge >= 0.3 is 6.03 Å². The summed E-state index contributed by atoms with van der Waals surface area (Å²) in [4.78, 5) is 12.6. The largest absolute Gasteiger partial charge is 0.485 e. The number of hydrogen-bond donors (Lipinski definition) is 2. The van der Waals surface area contributed by atoms with Crippen LogP contribution in [0.2, 0.25) is 0 Å². The number of anilines is 1. The summed E-state index contributed by atoms with van der Waals surface area (Å²) in [6.45, 7) is 7.12. The van der Waals surface area contributed by atoms with Gasteiger partial charge in [-0.05, 0) is 87.1 Å². The topological polar surface area (TPSA) is 91.9 Å². The molecule has 6 nitrogen and oxygen atoms in total. The van der Waals surface area contributed by atoms with E-state index in [1.165, 1.54) is 28.3 Å². The van der Waals surface area contributed by atoms with E-state index >= 15 is 0 Å². The minimum atomic E-state index is -1.98. The van der Waals surface area contributed by atoms with E-state index in [-0.39, 0.29) is 5.09 Å². The lowest BCUT2D eigenvalue weighted by molar-refractivity contribution is 0.0769. The van der Waals surface area contributed by atoms with Crippen molar-refractivity contribution >= 4 is 22.3 Å². The van der Waals surface area contributed by atoms with Crippen molar-refractivity contribution in [1.29, 1.82) is 0 Å². The van der Waals surface area contributed by atoms with Crippen LogP contribution in [0.1, 0.15) is 73.1 Å². The number of nitrogens with one attached hydrogen (secondary N) is 1. The molecule has 156 valence electrons. The van der Waals surface area contributed by atoms with Crippen molar-refractivity contribution in [2.45, 2.75) is 76.4 Å². The number of aliphatic hydroxyl groups is 1. The molecule has 29 heavy (non-hydrogen) atoms. The summed E-state index contributed by atoms with van der Waals surface area (Å²) in [5, 5.41) is 13.2. The van der Waals surface area contributed by atoms with Crippen LogP contribution in [0, 0.1) is 6.92 Å². The molecule has 2 N–H and O–H groups in total. The summed E-state index contributed by atoms with van der Waals surface area (Å²) in [5.41, 5.74) is 5.31. The number of carbonyl (C=O) groups excluding carboxylic acids is 1. The Morgan fingerprint density at radius 1 is 1.28 bits per heavy atom. The van der Waals surface area contributed by atoms with Crippen LogP contribution < -0.4 is 5.32 Å². The zero-order valence-electron chi connectivity index (χ0n) is 17.3. The lowest BCUT2D eigenvalue weighted by Gasteiger charge is -2.18. The maximum absolute atomic E-state index is 12.6. The number of urea groups is 1. The van der Waals surface area contributed by atoms with Crippen molar-refractivity contribution in [3.05, 3.63) is 45.7 Å². The zero-order valence-corrected chi connectivity index (χ0v) is 18.1. The van der Waals surface area contributed by atoms with Gasteiger partial charge < -0.3 is 23.4 Å². The second kappa shape index (κ2) is 7.29. The first-order valence-corrected chi connectivity index (χ1v) is 11.2. The normalized spacial score (nSPS) is 19.3. The Bertz CT molecular complexity index is 1070. The summed E-state index contributed by atoms with van der Waals surface area (Å²) in [6, 6.07) is 3.17. The molecule has 1 atom stereocenters. The van der Waals surface area contributed by atoms with Crippen molar-refractivity contribution in [2.75, 3.05) is 5.32 Å². The first-order valence-electron chi connectivity index (χ1n) is 10.1. The third-order valence-electron chi connectivity index (χ3n) is 5.99. The van der Waals surface area contributed by atoms with Crippen molar-refractivity contribution in [1.82, 2.24) is 0 Å². The van der Waals surface area contributed by atoms with Crippen LogP contribution in [0.3, 0.4) is 0 Å². The van der Waals surface area contributed by atoms with Gasteiger partial charge in [-0.2, -0.15) is 0 Å². The van der Waals surface area contributed by atoms with E-state index in [0.717, 1.165) is 37.8 Å². The highest BCUT2D eigenvalue weighted by molar-refractivity contribution is 7.75. The molecule has 2 amide bonds. The number of amides is 2. The molecule has 2 aliphatic carbocycles. The maximum Gasteiger partial charge on any atom is 0.322 e. The maximum atomic E-state index is 12.6. The third-order valence-corrected chi connectivity index (χ3v) is 6.87. The van der Waals surface area contributed by atoms with E-state index in [4.69, 9.17) is 4.42 Å². The number of nitrogens with zero attached hydrogens (tertiary/aromatic N) is 1. The highest BCUT2D eigenvalue weighted by atomic mass is 32.2. The number of aryl methyl sites for hydroxylation is 3. The number of furan rings is 1. The first kappa shape index (κ1) is 20.2. The second-order valence-electron chi connectivity index (χ2n) is 8.62. The summed E-state index contributed by atoms with van der Waals surface area (Å²) in [6.07, 6.45) is 5.18. The molecule has 7 heteroatoms. The molecular weight excluding hydrogens is 388 g/mol. The van der Waals surface area contributed by atoms with Crippen molar-refractivity contribution in [3.8, 4) is 0 Å². The molecule has 4 rings (SSSR count). The smallest absolute Gasteiger partial charge is 0.322 e. The van der Waals surface area contributed by atoms with Crippen LogP contribution in [0.5, 0.6) is 0 Å². The number of carbonyl (C=O) groups is 1. The Morgan fingerprint density at radius 2 is 2.03 bits per heavy atom. The third kappa shape index (κ3) is 3.73. The van der Waals surface area contributed by atoms with Gasteiger partial charge in [0.25, 0.3) is 0 Å². The zero-order chi connectivity index (χ0) is 20.9. The molecule has 0 bridgehead atoms. The molecule has 0 fully saturated rings. The van der Waals surface area contributed by atoms with E-state index in [1.807, 2.05) is 0 Å². The number of hydrogen-bond acceptors (Lipinski definition) is 5. The molecule has 1 heterocycles. The van der Waals surface area contributed by atoms with E-state index in [2.05, 4.69) is 22.7 Å². The molecule has 1 unspecified atom stereocenters. The molecule has 0 saturated heterocycles. The predicted octanol–water partition coefficient (Wildman–Crippen LogP) is 5.09. The monoisotopic (exact) mass is 415 g/mol. The quantitative estimate of drug-likeness (QED) is 0.683. The fraction of sp³-hybridized carbons (Fsp3) is 0.500. The SMILES string of the molecule is Cc1oc([S-](=O)=NC(=O)Nc2c3c(cc4c2C(C)CC4)CCC3)cc1C(C)(C)O. The van der Waals surface area contributed by atoms with E-state index in [0.29, 0.717) is 17.2 Å². The molecule has 2 aromatic rings. The second-order valence-corrected chi connectivity index (χ2v) is 9.70. The van der Waals surface area contributed by atoms with Gasteiger partial charge in [-0.25, -0.2) is 4.79 Å². The average Bonchev–Trinajstić information content (AvgIpc) is 3.33. The fourth-order valence-corrected chi connectivity index (χ4v) is 5.35. The lowest BCUT2D eigenvalue weighted by atomic mass is 9.95. The summed E-state index contributed by atoms with van der Waals surface area (Å²) in [5.74, 6) is 0.850. The fourth-order valence-electron chi connectivity index (χ4n) is 4.65. The van der Waals surface area contributed by atoms with Gasteiger partial charge in [-0.15, -0.1) is 10.6 Å². The van der Waals surface area contributed by atoms with Gasteiger partial charge in [0.05, 0.1) is 10.7 Å². The molecule has 0 radical (unpaired) electrons. The van der Waals surface area contributed by atoms with Gasteiger partial charge in [0.1, 0.15) is 5.76 Å². The highest BCUT2D eigenvalue weighted by Crippen LogP contribution is 2.43. The summed E-state index contributed by atoms with van der Waals surface area (Å²) >= 11 is 0. The number of benzene rings is 1. The van der Waals surface area contributed by atoms with Gasteiger partial charge in [0.15, 0.2) is 0 Å². The average molecular weight is 416 g/mol. The molecular formula is C22H27N2O4S-. The Hall–Kier alpha value is -2.12. The lowest BCUT2D eigenvalue weighted by Crippen LogP contribution is -2.15. The van der Waals surface area contributed by atoms with Gasteiger partial charge in [0, 0.05) is 11.3 Å². The number of rotatable bonds is 3. The predicted molar refractivity (Wildman–Crippen MR) is 112 cm³/mol. The van der Waals surface area contributed by atoms with Crippen LogP contribution >= 0.6 is 0 Å². The Morgan fingerprint density at radius 3 is 2.72 bits per heavy atom. The molecule has 0 saturated carbocycles. The number of fused-ring (bicyclic) bond motifs is 2. The Labute approximate surface area is 172 Å². The van der Waals surface area contributed by atoms with E-state index in [1.54, 1.807) is 20.8 Å². The molecule has 0 spiro atoms. The minimum Gasteiger partial charge on any atom is -0.485 e. The van der Waals surface area contributed by atoms with Gasteiger partial charge in [0.2, 0.25) is 0 Å². The van der Waals surface area contributed by atoms with Crippen LogP contribution in [0.15, 0.2) is 26.0 Å². The van der Waals surface area contributed by atoms with Crippen molar-refractivity contribution in [3.63, 3.8) is 0 Å². The van der Waals surface area contributed by atoms with Crippen LogP contribution in [0.4, 0.5) is 10.5 Å². The Kier molecular flexibility index (Phi) is 5.07. The first-order chi connectivity index (χ1) is 13.6.